The van der Waals surface area contributed by atoms with Gasteiger partial charge in [0.05, 0.1) is 17.1 Å². The van der Waals surface area contributed by atoms with E-state index in [2.05, 4.69) is 11.4 Å². The summed E-state index contributed by atoms with van der Waals surface area (Å²) in [5.41, 5.74) is -1.68. The van der Waals surface area contributed by atoms with Crippen molar-refractivity contribution in [3.63, 3.8) is 0 Å². The maximum absolute atomic E-state index is 16.0. The quantitative estimate of drug-likeness (QED) is 0.340. The van der Waals surface area contributed by atoms with Crippen molar-refractivity contribution in [1.29, 1.82) is 5.26 Å². The molecule has 0 bridgehead atoms. The van der Waals surface area contributed by atoms with Crippen molar-refractivity contribution in [2.24, 2.45) is 0 Å². The monoisotopic (exact) mass is 642 g/mol. The minimum absolute atomic E-state index is 0.0390. The Balaban J connectivity index is 1.69. The number of nitrogens with one attached hydrogen (secondary N) is 1. The Labute approximate surface area is 264 Å². The number of rotatable bonds is 6. The predicted octanol–water partition coefficient (Wildman–Crippen LogP) is 6.36. The van der Waals surface area contributed by atoms with Gasteiger partial charge in [-0.3, -0.25) is 14.5 Å². The van der Waals surface area contributed by atoms with Gasteiger partial charge in [0, 0.05) is 60.7 Å². The highest BCUT2D eigenvalue weighted by Crippen LogP contribution is 2.54. The molecule has 2 aliphatic rings. The van der Waals surface area contributed by atoms with Crippen LogP contribution in [0.4, 0.5) is 13.2 Å². The lowest BCUT2D eigenvalue weighted by atomic mass is 9.65. The van der Waals surface area contributed by atoms with Gasteiger partial charge < -0.3 is 10.2 Å². The normalized spacial score (nSPS) is 24.2. The van der Waals surface area contributed by atoms with E-state index in [0.717, 1.165) is 6.07 Å². The number of carbonyl (C=O) groups is 2. The molecule has 0 saturated carbocycles. The summed E-state index contributed by atoms with van der Waals surface area (Å²) in [4.78, 5) is 29.6. The Morgan fingerprint density at radius 2 is 1.73 bits per heavy atom. The zero-order valence-corrected chi connectivity index (χ0v) is 25.7. The van der Waals surface area contributed by atoms with Crippen LogP contribution in [0.2, 0.25) is 10.0 Å². The van der Waals surface area contributed by atoms with E-state index in [9.17, 15) is 14.9 Å². The molecule has 0 aliphatic carbocycles. The lowest BCUT2D eigenvalue weighted by Crippen LogP contribution is -2.52. The second kappa shape index (κ2) is 12.8. The third kappa shape index (κ3) is 5.67. The first-order valence-electron chi connectivity index (χ1n) is 14.3. The third-order valence-corrected chi connectivity index (χ3v) is 9.59. The molecular formula is C33H31Cl2F3N4O2. The van der Waals surface area contributed by atoms with Crippen LogP contribution < -0.4 is 5.32 Å². The molecule has 3 aromatic rings. The van der Waals surface area contributed by atoms with Crippen LogP contribution in [0.3, 0.4) is 0 Å². The lowest BCUT2D eigenvalue weighted by Gasteiger charge is -2.35. The van der Waals surface area contributed by atoms with Crippen LogP contribution >= 0.6 is 23.2 Å². The van der Waals surface area contributed by atoms with Gasteiger partial charge in [-0.05, 0) is 49.6 Å². The van der Waals surface area contributed by atoms with Crippen LogP contribution in [0, 0.1) is 28.8 Å². The molecule has 0 unspecified atom stereocenters. The summed E-state index contributed by atoms with van der Waals surface area (Å²) in [5.74, 6) is -3.99. The van der Waals surface area contributed by atoms with E-state index in [1.54, 1.807) is 28.9 Å². The molecule has 2 aliphatic heterocycles. The van der Waals surface area contributed by atoms with Crippen LogP contribution in [0.25, 0.3) is 0 Å². The predicted molar refractivity (Wildman–Crippen MR) is 161 cm³/mol. The summed E-state index contributed by atoms with van der Waals surface area (Å²) >= 11 is 12.3. The fraction of sp³-hybridized carbons (Fsp3) is 0.364. The van der Waals surface area contributed by atoms with Gasteiger partial charge in [-0.15, -0.1) is 0 Å². The van der Waals surface area contributed by atoms with Crippen molar-refractivity contribution in [2.45, 2.75) is 62.7 Å². The van der Waals surface area contributed by atoms with Crippen LogP contribution in [0.1, 0.15) is 49.3 Å². The average Bonchev–Trinajstić information content (AvgIpc) is 3.23. The molecule has 2 saturated heterocycles. The molecule has 3 aromatic carbocycles. The van der Waals surface area contributed by atoms with E-state index in [0.29, 0.717) is 25.9 Å². The molecule has 6 nitrogen and oxygen atoms in total. The second-order valence-electron chi connectivity index (χ2n) is 11.4. The molecule has 11 heteroatoms. The fourth-order valence-electron chi connectivity index (χ4n) is 6.81. The smallest absolute Gasteiger partial charge is 0.238 e. The van der Waals surface area contributed by atoms with Gasteiger partial charge in [0.1, 0.15) is 22.9 Å². The van der Waals surface area contributed by atoms with Crippen molar-refractivity contribution in [3.8, 4) is 6.07 Å². The number of benzene rings is 3. The molecule has 2 heterocycles. The lowest BCUT2D eigenvalue weighted by molar-refractivity contribution is -0.130. The molecule has 1 N–H and O–H groups in total. The number of nitrogens with zero attached hydrogens (tertiary/aromatic N) is 3. The van der Waals surface area contributed by atoms with Crippen molar-refractivity contribution in [2.75, 3.05) is 13.1 Å². The van der Waals surface area contributed by atoms with E-state index >= 15 is 13.2 Å². The molecule has 2 amide bonds. The van der Waals surface area contributed by atoms with Crippen LogP contribution in [-0.2, 0) is 21.5 Å². The minimum atomic E-state index is -1.83. The average molecular weight is 644 g/mol. The highest BCUT2D eigenvalue weighted by atomic mass is 35.5. The summed E-state index contributed by atoms with van der Waals surface area (Å²) in [6.07, 6.45) is 0.985. The third-order valence-electron chi connectivity index (χ3n) is 9.06. The fourth-order valence-corrected chi connectivity index (χ4v) is 7.15. The van der Waals surface area contributed by atoms with Gasteiger partial charge in [0.15, 0.2) is 0 Å². The standard InChI is InChI=1S/C33H31Cl2F3N4O2/c1-19-33(18-39,25-11-10-22(34)16-28(25)37)29(24-7-5-8-26(35)30(24)38)31(42(19)17-21-6-3-4-9-27(21)36)32(44)40-23-12-14-41(15-13-23)20(2)43/h3-11,16,19,23,29,31H,12-15,17H2,1-2H3,(H,40,44)/t19-,29-,31+,33+/m0/s1. The van der Waals surface area contributed by atoms with Crippen LogP contribution in [-0.4, -0.2) is 52.8 Å². The van der Waals surface area contributed by atoms with Crippen molar-refractivity contribution >= 4 is 35.0 Å². The highest BCUT2D eigenvalue weighted by molar-refractivity contribution is 6.31. The van der Waals surface area contributed by atoms with Gasteiger partial charge in [-0.25, -0.2) is 13.2 Å². The summed E-state index contributed by atoms with van der Waals surface area (Å²) < 4.78 is 46.8. The molecule has 44 heavy (non-hydrogen) atoms. The SMILES string of the molecule is CC(=O)N1CCC(NC(=O)[C@H]2[C@H](c3cccc(Cl)c3F)[C@@](C#N)(c3ccc(Cl)cc3F)[C@H](C)N2Cc2ccccc2F)CC1. The zero-order valence-electron chi connectivity index (χ0n) is 24.2. The molecule has 2 fully saturated rings. The number of piperidine rings is 1. The number of hydrogen-bond acceptors (Lipinski definition) is 4. The zero-order chi connectivity index (χ0) is 31.8. The van der Waals surface area contributed by atoms with E-state index in [4.69, 9.17) is 23.2 Å². The summed E-state index contributed by atoms with van der Waals surface area (Å²) in [5, 5.41) is 13.9. The maximum atomic E-state index is 16.0. The number of likely N-dealkylation sites (tertiary alicyclic amines) is 2. The summed E-state index contributed by atoms with van der Waals surface area (Å²) in [6.45, 7) is 3.93. The van der Waals surface area contributed by atoms with Gasteiger partial charge in [0.25, 0.3) is 0 Å². The Morgan fingerprint density at radius 1 is 1.02 bits per heavy atom. The van der Waals surface area contributed by atoms with Gasteiger partial charge in [0.2, 0.25) is 11.8 Å². The number of amides is 2. The van der Waals surface area contributed by atoms with Crippen molar-refractivity contribution < 1.29 is 22.8 Å². The molecular weight excluding hydrogens is 612 g/mol. The van der Waals surface area contributed by atoms with Crippen LogP contribution in [0.5, 0.6) is 0 Å². The Morgan fingerprint density at radius 3 is 2.36 bits per heavy atom. The second-order valence-corrected chi connectivity index (χ2v) is 12.2. The maximum Gasteiger partial charge on any atom is 0.238 e. The number of nitriles is 1. The largest absolute Gasteiger partial charge is 0.352 e. The molecule has 0 radical (unpaired) electrons. The summed E-state index contributed by atoms with van der Waals surface area (Å²) in [7, 11) is 0. The van der Waals surface area contributed by atoms with E-state index < -0.39 is 46.8 Å². The van der Waals surface area contributed by atoms with Crippen molar-refractivity contribution in [1.82, 2.24) is 15.1 Å². The van der Waals surface area contributed by atoms with E-state index in [1.165, 1.54) is 49.4 Å². The molecule has 0 aromatic heterocycles. The Hall–Kier alpha value is -3.58. The first-order chi connectivity index (χ1) is 21.0. The Bertz CT molecular complexity index is 1620. The Kier molecular flexibility index (Phi) is 9.26. The topological polar surface area (TPSA) is 76.4 Å². The number of halogens is 5. The number of hydrogen-bond donors (Lipinski definition) is 1. The molecule has 5 rings (SSSR count). The highest BCUT2D eigenvalue weighted by Gasteiger charge is 2.63. The first kappa shape index (κ1) is 31.8. The molecule has 0 spiro atoms. The van der Waals surface area contributed by atoms with Crippen molar-refractivity contribution in [3.05, 3.63) is 105 Å². The minimum Gasteiger partial charge on any atom is -0.352 e. The molecule has 4 atom stereocenters. The van der Waals surface area contributed by atoms with E-state index in [-0.39, 0.29) is 45.2 Å². The van der Waals surface area contributed by atoms with Crippen LogP contribution in [0.15, 0.2) is 60.7 Å². The van der Waals surface area contributed by atoms with Gasteiger partial charge in [-0.1, -0.05) is 59.6 Å². The van der Waals surface area contributed by atoms with E-state index in [1.807, 2.05) is 0 Å². The van der Waals surface area contributed by atoms with Gasteiger partial charge in [-0.2, -0.15) is 5.26 Å². The first-order valence-corrected chi connectivity index (χ1v) is 15.1. The number of carbonyl (C=O) groups excluding carboxylic acids is 2. The summed E-state index contributed by atoms with van der Waals surface area (Å²) in [6, 6.07) is 14.1. The molecule has 230 valence electrons. The van der Waals surface area contributed by atoms with Gasteiger partial charge >= 0.3 is 0 Å².